The highest BCUT2D eigenvalue weighted by Gasteiger charge is 2.90. The van der Waals surface area contributed by atoms with Crippen molar-refractivity contribution in [3.8, 4) is 0 Å². The molecule has 0 saturated carbocycles. The topological polar surface area (TPSA) is 26.3 Å². The molecule has 16 heteroatoms. The molecule has 0 rings (SSSR count). The van der Waals surface area contributed by atoms with Gasteiger partial charge in [-0.15, -0.1) is 0 Å². The third-order valence-corrected chi connectivity index (χ3v) is 3.06. The molecule has 26 heavy (non-hydrogen) atoms. The number of carbonyl (C=O) groups is 1. The van der Waals surface area contributed by atoms with E-state index in [-0.39, 0.29) is 0 Å². The summed E-state index contributed by atoms with van der Waals surface area (Å²) in [5.74, 6) is -39.4. The molecule has 0 aromatic carbocycles. The van der Waals surface area contributed by atoms with Gasteiger partial charge in [0.1, 0.15) is 0 Å². The first-order chi connectivity index (χ1) is 11.2. The summed E-state index contributed by atoms with van der Waals surface area (Å²) in [7, 11) is 0. The molecule has 0 atom stereocenters. The molecule has 0 aromatic heterocycles. The Labute approximate surface area is 141 Å². The highest BCUT2D eigenvalue weighted by molar-refractivity contribution is 7.81. The van der Waals surface area contributed by atoms with Crippen LogP contribution in [0.2, 0.25) is 0 Å². The fourth-order valence-electron chi connectivity index (χ4n) is 1.30. The van der Waals surface area contributed by atoms with Crippen LogP contribution in [-0.4, -0.2) is 54.1 Å². The first-order valence-electron chi connectivity index (χ1n) is 5.93. The van der Waals surface area contributed by atoms with E-state index in [1.807, 2.05) is 0 Å². The van der Waals surface area contributed by atoms with E-state index in [2.05, 4.69) is 17.4 Å². The Balaban J connectivity index is 5.81. The van der Waals surface area contributed by atoms with Crippen molar-refractivity contribution in [2.24, 2.45) is 0 Å². The third kappa shape index (κ3) is 3.93. The number of hydrogen-bond acceptors (Lipinski definition) is 3. The lowest BCUT2D eigenvalue weighted by Gasteiger charge is -2.39. The van der Waals surface area contributed by atoms with Crippen LogP contribution in [0.15, 0.2) is 0 Å². The van der Waals surface area contributed by atoms with Gasteiger partial charge in [0.05, 0.1) is 18.8 Å². The smallest absolute Gasteiger partial charge is 0.460 e. The summed E-state index contributed by atoms with van der Waals surface area (Å²) in [4.78, 5) is 10.5. The standard InChI is InChI=1S/C10H7F13O2S/c11-5(12,1-2-25-4(24)3-26)6(13,14)7(15,16)8(17,18)9(19,20)10(21,22)23/h26H,1-3H2. The zero-order chi connectivity index (χ0) is 21.4. The van der Waals surface area contributed by atoms with E-state index in [9.17, 15) is 61.9 Å². The van der Waals surface area contributed by atoms with Crippen LogP contribution in [0.4, 0.5) is 57.1 Å². The van der Waals surface area contributed by atoms with Crippen molar-refractivity contribution in [2.75, 3.05) is 12.4 Å². The van der Waals surface area contributed by atoms with Gasteiger partial charge >= 0.3 is 41.8 Å². The van der Waals surface area contributed by atoms with E-state index >= 15 is 0 Å². The molecule has 0 N–H and O–H groups in total. The SMILES string of the molecule is O=C(CS)OCCC(F)(F)C(F)(F)C(F)(F)C(F)(F)C(F)(F)C(F)(F)F. The summed E-state index contributed by atoms with van der Waals surface area (Å²) in [6.45, 7) is -1.76. The number of carbonyl (C=O) groups excluding carboxylic acids is 1. The number of alkyl halides is 13. The van der Waals surface area contributed by atoms with Gasteiger partial charge < -0.3 is 4.74 Å². The number of halogens is 13. The van der Waals surface area contributed by atoms with Crippen LogP contribution in [0, 0.1) is 0 Å². The van der Waals surface area contributed by atoms with Crippen molar-refractivity contribution in [1.82, 2.24) is 0 Å². The Kier molecular flexibility index (Phi) is 6.85. The largest absolute Gasteiger partial charge is 0.465 e. The highest BCUT2D eigenvalue weighted by Crippen LogP contribution is 2.60. The van der Waals surface area contributed by atoms with Gasteiger partial charge in [0.2, 0.25) is 0 Å². The predicted molar refractivity (Wildman–Crippen MR) is 60.2 cm³/mol. The predicted octanol–water partition coefficient (Wildman–Crippen LogP) is 4.59. The monoisotopic (exact) mass is 438 g/mol. The Bertz CT molecular complexity index is 514. The van der Waals surface area contributed by atoms with Crippen LogP contribution in [0.3, 0.4) is 0 Å². The number of esters is 1. The van der Waals surface area contributed by atoms with Crippen LogP contribution >= 0.6 is 12.6 Å². The van der Waals surface area contributed by atoms with Gasteiger partial charge in [-0.1, -0.05) is 0 Å². The highest BCUT2D eigenvalue weighted by atomic mass is 32.1. The molecule has 2 nitrogen and oxygen atoms in total. The maximum atomic E-state index is 13.2. The van der Waals surface area contributed by atoms with E-state index in [4.69, 9.17) is 0 Å². The lowest BCUT2D eigenvalue weighted by atomic mass is 9.93. The first kappa shape index (κ1) is 24.9. The zero-order valence-electron chi connectivity index (χ0n) is 11.8. The lowest BCUT2D eigenvalue weighted by molar-refractivity contribution is -0.440. The fraction of sp³-hybridized carbons (Fsp3) is 0.900. The lowest BCUT2D eigenvalue weighted by Crippen LogP contribution is -2.70. The maximum Gasteiger partial charge on any atom is 0.460 e. The minimum atomic E-state index is -7.94. The molecule has 0 aromatic rings. The molecule has 156 valence electrons. The van der Waals surface area contributed by atoms with E-state index in [1.54, 1.807) is 0 Å². The van der Waals surface area contributed by atoms with Gasteiger partial charge in [0.15, 0.2) is 0 Å². The molecule has 0 aliphatic carbocycles. The molecule has 0 aliphatic rings. The Morgan fingerprint density at radius 2 is 1.08 bits per heavy atom. The molecular formula is C10H7F13O2S. The van der Waals surface area contributed by atoms with Crippen LogP contribution in [0.25, 0.3) is 0 Å². The third-order valence-electron chi connectivity index (χ3n) is 2.81. The second-order valence-corrected chi connectivity index (χ2v) is 4.94. The van der Waals surface area contributed by atoms with Crippen LogP contribution < -0.4 is 0 Å². The van der Waals surface area contributed by atoms with Crippen molar-refractivity contribution in [2.45, 2.75) is 42.2 Å². The van der Waals surface area contributed by atoms with Crippen molar-refractivity contribution in [1.29, 1.82) is 0 Å². The van der Waals surface area contributed by atoms with Gasteiger partial charge in [0.25, 0.3) is 0 Å². The maximum absolute atomic E-state index is 13.2. The molecule has 0 aliphatic heterocycles. The Morgan fingerprint density at radius 3 is 1.42 bits per heavy atom. The normalized spacial score (nSPS) is 15.2. The molecule has 0 unspecified atom stereocenters. The molecule has 0 saturated heterocycles. The van der Waals surface area contributed by atoms with Gasteiger partial charge in [0, 0.05) is 0 Å². The van der Waals surface area contributed by atoms with E-state index in [0.717, 1.165) is 0 Å². The number of ether oxygens (including phenoxy) is 1. The summed E-state index contributed by atoms with van der Waals surface area (Å²) in [5.41, 5.74) is 0. The van der Waals surface area contributed by atoms with Gasteiger partial charge in [-0.2, -0.15) is 69.7 Å². The minimum Gasteiger partial charge on any atom is -0.465 e. The van der Waals surface area contributed by atoms with Gasteiger partial charge in [-0.3, -0.25) is 4.79 Å². The molecular weight excluding hydrogens is 431 g/mol. The van der Waals surface area contributed by atoms with E-state index in [0.29, 0.717) is 0 Å². The molecule has 0 fully saturated rings. The molecule has 0 spiro atoms. The molecule has 0 radical (unpaired) electrons. The zero-order valence-corrected chi connectivity index (χ0v) is 12.7. The first-order valence-corrected chi connectivity index (χ1v) is 6.56. The molecule has 0 amide bonds. The summed E-state index contributed by atoms with van der Waals surface area (Å²) in [6.07, 6.45) is -10.0. The van der Waals surface area contributed by atoms with Gasteiger partial charge in [-0.25, -0.2) is 0 Å². The summed E-state index contributed by atoms with van der Waals surface area (Å²) in [6, 6.07) is 0. The summed E-state index contributed by atoms with van der Waals surface area (Å²) >= 11 is 3.24. The Morgan fingerprint density at radius 1 is 0.692 bits per heavy atom. The summed E-state index contributed by atoms with van der Waals surface area (Å²) < 4.78 is 169. The molecule has 0 bridgehead atoms. The van der Waals surface area contributed by atoms with E-state index < -0.39 is 60.5 Å². The second-order valence-electron chi connectivity index (χ2n) is 4.63. The number of rotatable bonds is 8. The van der Waals surface area contributed by atoms with Crippen molar-refractivity contribution >= 4 is 18.6 Å². The Hall–Kier alpha value is -1.09. The minimum absolute atomic E-state index is 0.784. The average molecular weight is 438 g/mol. The molecule has 0 heterocycles. The quantitative estimate of drug-likeness (QED) is 0.341. The van der Waals surface area contributed by atoms with E-state index in [1.165, 1.54) is 0 Å². The van der Waals surface area contributed by atoms with Crippen molar-refractivity contribution in [3.63, 3.8) is 0 Å². The second kappa shape index (κ2) is 7.14. The fourth-order valence-corrected chi connectivity index (χ4v) is 1.39. The average Bonchev–Trinajstić information content (AvgIpc) is 2.44. The van der Waals surface area contributed by atoms with Crippen molar-refractivity contribution < 1.29 is 66.6 Å². The van der Waals surface area contributed by atoms with Crippen LogP contribution in [0.1, 0.15) is 6.42 Å². The van der Waals surface area contributed by atoms with Crippen molar-refractivity contribution in [3.05, 3.63) is 0 Å². The van der Waals surface area contributed by atoms with Gasteiger partial charge in [-0.05, 0) is 0 Å². The number of hydrogen-bond donors (Lipinski definition) is 1. The van der Waals surface area contributed by atoms with Crippen LogP contribution in [0.5, 0.6) is 0 Å². The summed E-state index contributed by atoms with van der Waals surface area (Å²) in [5, 5.41) is 0. The number of thiol groups is 1. The van der Waals surface area contributed by atoms with Crippen LogP contribution in [-0.2, 0) is 9.53 Å².